The summed E-state index contributed by atoms with van der Waals surface area (Å²) in [5.41, 5.74) is 1.01. The third-order valence-corrected chi connectivity index (χ3v) is 4.18. The molecule has 0 radical (unpaired) electrons. The van der Waals surface area contributed by atoms with Crippen molar-refractivity contribution in [2.45, 2.75) is 12.8 Å². The highest BCUT2D eigenvalue weighted by Crippen LogP contribution is 2.20. The van der Waals surface area contributed by atoms with Gasteiger partial charge in [-0.25, -0.2) is 9.97 Å². The summed E-state index contributed by atoms with van der Waals surface area (Å²) in [5.74, 6) is 1.13. The van der Waals surface area contributed by atoms with E-state index in [-0.39, 0.29) is 5.91 Å². The average Bonchev–Trinajstić information content (AvgIpc) is 2.67. The molecule has 6 heteroatoms. The van der Waals surface area contributed by atoms with Gasteiger partial charge in [0.25, 0.3) is 5.91 Å². The number of nitriles is 1. The van der Waals surface area contributed by atoms with E-state index in [0.717, 1.165) is 31.7 Å². The molecular weight excluding hydrogens is 302 g/mol. The van der Waals surface area contributed by atoms with Gasteiger partial charge in [-0.2, -0.15) is 5.26 Å². The average molecular weight is 321 g/mol. The standard InChI is InChI=1S/C18H19N5O/c19-9-16-11-21-17(12-20-16)23-8-4-5-14(13-23)10-22-18(24)15-6-2-1-3-7-15/h1-3,6-7,11-12,14H,4-5,8,10,13H2,(H,22,24). The second kappa shape index (κ2) is 7.55. The van der Waals surface area contributed by atoms with Gasteiger partial charge in [0.1, 0.15) is 11.9 Å². The zero-order chi connectivity index (χ0) is 16.8. The minimum atomic E-state index is -0.0362. The smallest absolute Gasteiger partial charge is 0.251 e. The minimum Gasteiger partial charge on any atom is -0.355 e. The van der Waals surface area contributed by atoms with Gasteiger partial charge >= 0.3 is 0 Å². The number of piperidine rings is 1. The monoisotopic (exact) mass is 321 g/mol. The van der Waals surface area contributed by atoms with Crippen molar-refractivity contribution in [2.75, 3.05) is 24.5 Å². The molecule has 2 aromatic rings. The number of carbonyl (C=O) groups excluding carboxylic acids is 1. The maximum Gasteiger partial charge on any atom is 0.251 e. The van der Waals surface area contributed by atoms with E-state index in [9.17, 15) is 4.79 Å². The molecule has 2 heterocycles. The first-order valence-corrected chi connectivity index (χ1v) is 8.06. The second-order valence-corrected chi connectivity index (χ2v) is 5.90. The van der Waals surface area contributed by atoms with Crippen LogP contribution in [0.2, 0.25) is 0 Å². The lowest BCUT2D eigenvalue weighted by atomic mass is 9.98. The molecule has 24 heavy (non-hydrogen) atoms. The Morgan fingerprint density at radius 3 is 2.83 bits per heavy atom. The van der Waals surface area contributed by atoms with Crippen molar-refractivity contribution in [1.82, 2.24) is 15.3 Å². The normalized spacial score (nSPS) is 17.1. The molecule has 1 fully saturated rings. The summed E-state index contributed by atoms with van der Waals surface area (Å²) in [5, 5.41) is 11.8. The topological polar surface area (TPSA) is 81.9 Å². The zero-order valence-electron chi connectivity index (χ0n) is 13.4. The van der Waals surface area contributed by atoms with Crippen molar-refractivity contribution in [3.8, 4) is 6.07 Å². The van der Waals surface area contributed by atoms with E-state index in [1.54, 1.807) is 6.20 Å². The van der Waals surface area contributed by atoms with Crippen LogP contribution < -0.4 is 10.2 Å². The molecule has 1 aromatic heterocycles. The van der Waals surface area contributed by atoms with Crippen LogP contribution in [0, 0.1) is 17.2 Å². The van der Waals surface area contributed by atoms with Gasteiger partial charge in [0, 0.05) is 25.2 Å². The van der Waals surface area contributed by atoms with Crippen LogP contribution in [0.3, 0.4) is 0 Å². The van der Waals surface area contributed by atoms with Gasteiger partial charge in [-0.1, -0.05) is 18.2 Å². The Balaban J connectivity index is 1.55. The Hall–Kier alpha value is -2.94. The van der Waals surface area contributed by atoms with Crippen LogP contribution in [0.4, 0.5) is 5.82 Å². The number of rotatable bonds is 4. The van der Waals surface area contributed by atoms with Crippen molar-refractivity contribution in [2.24, 2.45) is 5.92 Å². The molecule has 0 saturated carbocycles. The zero-order valence-corrected chi connectivity index (χ0v) is 13.4. The summed E-state index contributed by atoms with van der Waals surface area (Å²) in [4.78, 5) is 22.7. The van der Waals surface area contributed by atoms with Crippen molar-refractivity contribution in [1.29, 1.82) is 5.26 Å². The molecule has 1 atom stereocenters. The van der Waals surface area contributed by atoms with Gasteiger partial charge < -0.3 is 10.2 Å². The maximum atomic E-state index is 12.1. The summed E-state index contributed by atoms with van der Waals surface area (Å²) >= 11 is 0. The predicted molar refractivity (Wildman–Crippen MR) is 90.5 cm³/mol. The lowest BCUT2D eigenvalue weighted by Gasteiger charge is -2.33. The van der Waals surface area contributed by atoms with Crippen molar-refractivity contribution < 1.29 is 4.79 Å². The van der Waals surface area contributed by atoms with E-state index in [2.05, 4.69) is 20.2 Å². The number of carbonyl (C=O) groups is 1. The van der Waals surface area contributed by atoms with Crippen LogP contribution in [0.15, 0.2) is 42.7 Å². The first-order chi connectivity index (χ1) is 11.8. The molecule has 1 unspecified atom stereocenters. The summed E-state index contributed by atoms with van der Waals surface area (Å²) in [6, 6.07) is 11.2. The summed E-state index contributed by atoms with van der Waals surface area (Å²) in [6.07, 6.45) is 5.27. The fraction of sp³-hybridized carbons (Fsp3) is 0.333. The van der Waals surface area contributed by atoms with Crippen LogP contribution in [0.5, 0.6) is 0 Å². The molecule has 1 amide bonds. The van der Waals surface area contributed by atoms with Gasteiger partial charge in [0.05, 0.1) is 12.4 Å². The summed E-state index contributed by atoms with van der Waals surface area (Å²) in [6.45, 7) is 2.40. The SMILES string of the molecule is N#Cc1cnc(N2CCCC(CNC(=O)c3ccccc3)C2)cn1. The molecular formula is C18H19N5O. The number of benzene rings is 1. The number of hydrogen-bond donors (Lipinski definition) is 1. The molecule has 0 aliphatic carbocycles. The largest absolute Gasteiger partial charge is 0.355 e. The molecule has 1 aliphatic heterocycles. The number of nitrogens with one attached hydrogen (secondary N) is 1. The van der Waals surface area contributed by atoms with E-state index in [4.69, 9.17) is 5.26 Å². The fourth-order valence-electron chi connectivity index (χ4n) is 2.91. The van der Waals surface area contributed by atoms with E-state index >= 15 is 0 Å². The highest BCUT2D eigenvalue weighted by molar-refractivity contribution is 5.94. The lowest BCUT2D eigenvalue weighted by molar-refractivity contribution is 0.0945. The van der Waals surface area contributed by atoms with Crippen molar-refractivity contribution in [3.63, 3.8) is 0 Å². The Labute approximate surface area is 141 Å². The number of nitrogens with zero attached hydrogens (tertiary/aromatic N) is 4. The Bertz CT molecular complexity index is 723. The molecule has 1 aromatic carbocycles. The van der Waals surface area contributed by atoms with Crippen molar-refractivity contribution >= 4 is 11.7 Å². The maximum absolute atomic E-state index is 12.1. The molecule has 1 N–H and O–H groups in total. The molecule has 122 valence electrons. The third kappa shape index (κ3) is 3.87. The van der Waals surface area contributed by atoms with Crippen LogP contribution in [-0.2, 0) is 0 Å². The minimum absolute atomic E-state index is 0.0362. The Kier molecular flexibility index (Phi) is 5.02. The first-order valence-electron chi connectivity index (χ1n) is 8.06. The molecule has 0 spiro atoms. The predicted octanol–water partition coefficient (Wildman–Crippen LogP) is 1.99. The van der Waals surface area contributed by atoms with Crippen LogP contribution in [-0.4, -0.2) is 35.5 Å². The quantitative estimate of drug-likeness (QED) is 0.931. The van der Waals surface area contributed by atoms with E-state index in [0.29, 0.717) is 23.7 Å². The second-order valence-electron chi connectivity index (χ2n) is 5.90. The molecule has 1 saturated heterocycles. The lowest BCUT2D eigenvalue weighted by Crippen LogP contribution is -2.41. The fourth-order valence-corrected chi connectivity index (χ4v) is 2.91. The highest BCUT2D eigenvalue weighted by Gasteiger charge is 2.21. The highest BCUT2D eigenvalue weighted by atomic mass is 16.1. The van der Waals surface area contributed by atoms with Crippen LogP contribution in [0.1, 0.15) is 28.9 Å². The number of aromatic nitrogens is 2. The van der Waals surface area contributed by atoms with Crippen LogP contribution in [0.25, 0.3) is 0 Å². The van der Waals surface area contributed by atoms with Crippen molar-refractivity contribution in [3.05, 3.63) is 54.0 Å². The van der Waals surface area contributed by atoms with Gasteiger partial charge in [-0.05, 0) is 30.9 Å². The molecule has 3 rings (SSSR count). The first kappa shape index (κ1) is 15.9. The summed E-state index contributed by atoms with van der Waals surface area (Å²) in [7, 11) is 0. The van der Waals surface area contributed by atoms with Gasteiger partial charge in [0.15, 0.2) is 5.69 Å². The van der Waals surface area contributed by atoms with Gasteiger partial charge in [-0.15, -0.1) is 0 Å². The summed E-state index contributed by atoms with van der Waals surface area (Å²) < 4.78 is 0. The number of amides is 1. The molecule has 1 aliphatic rings. The van der Waals surface area contributed by atoms with Crippen LogP contribution >= 0.6 is 0 Å². The van der Waals surface area contributed by atoms with E-state index < -0.39 is 0 Å². The number of anilines is 1. The third-order valence-electron chi connectivity index (χ3n) is 4.18. The molecule has 0 bridgehead atoms. The van der Waals surface area contributed by atoms with Gasteiger partial charge in [0.2, 0.25) is 0 Å². The Morgan fingerprint density at radius 1 is 1.29 bits per heavy atom. The van der Waals surface area contributed by atoms with E-state index in [1.165, 1.54) is 6.20 Å². The number of hydrogen-bond acceptors (Lipinski definition) is 5. The molecule has 6 nitrogen and oxygen atoms in total. The van der Waals surface area contributed by atoms with E-state index in [1.807, 2.05) is 36.4 Å². The Morgan fingerprint density at radius 2 is 2.12 bits per heavy atom. The van der Waals surface area contributed by atoms with Gasteiger partial charge in [-0.3, -0.25) is 4.79 Å².